The van der Waals surface area contributed by atoms with Gasteiger partial charge in [-0.25, -0.2) is 0 Å². The van der Waals surface area contributed by atoms with E-state index in [0.717, 1.165) is 0 Å². The Morgan fingerprint density at radius 3 is 2.19 bits per heavy atom. The molecule has 1 heterocycles. The van der Waals surface area contributed by atoms with E-state index in [-0.39, 0.29) is 22.4 Å². The molecule has 0 saturated heterocycles. The first-order chi connectivity index (χ1) is 7.54. The molecule has 1 aromatic heterocycles. The molecule has 4 nitrogen and oxygen atoms in total. The van der Waals surface area contributed by atoms with Gasteiger partial charge < -0.3 is 9.97 Å². The number of aromatic nitrogens is 2. The molecule has 0 radical (unpaired) electrons. The highest BCUT2D eigenvalue weighted by molar-refractivity contribution is 5.33. The molecule has 0 aliphatic heterocycles. The Labute approximate surface area is 93.0 Å². The van der Waals surface area contributed by atoms with Crippen molar-refractivity contribution in [3.63, 3.8) is 0 Å². The molecule has 0 unspecified atom stereocenters. The molecule has 1 rings (SSSR count). The van der Waals surface area contributed by atoms with Crippen molar-refractivity contribution in [2.75, 3.05) is 0 Å². The van der Waals surface area contributed by atoms with Gasteiger partial charge in [0, 0.05) is 0 Å². The molecule has 86 valence electrons. The van der Waals surface area contributed by atoms with Crippen LogP contribution in [0.3, 0.4) is 0 Å². The Morgan fingerprint density at radius 2 is 1.62 bits per heavy atom. The van der Waals surface area contributed by atoms with Crippen LogP contribution >= 0.6 is 0 Å². The second-order valence-electron chi connectivity index (χ2n) is 3.84. The average molecular weight is 220 g/mol. The minimum Gasteiger partial charge on any atom is -0.316 e. The van der Waals surface area contributed by atoms with Crippen LogP contribution in [0.15, 0.2) is 21.7 Å². The molecule has 4 heteroatoms. The zero-order valence-electron chi connectivity index (χ0n) is 9.70. The van der Waals surface area contributed by atoms with Gasteiger partial charge in [0.05, 0.1) is 0 Å². The molecular formula is C12H16N2O2. The van der Waals surface area contributed by atoms with E-state index in [2.05, 4.69) is 9.97 Å². The topological polar surface area (TPSA) is 65.7 Å². The van der Waals surface area contributed by atoms with E-state index in [4.69, 9.17) is 0 Å². The number of hydrogen-bond acceptors (Lipinski definition) is 2. The maximum atomic E-state index is 11.6. The van der Waals surface area contributed by atoms with Crippen molar-refractivity contribution >= 4 is 12.2 Å². The fourth-order valence-electron chi connectivity index (χ4n) is 1.25. The van der Waals surface area contributed by atoms with E-state index in [1.807, 2.05) is 20.8 Å². The first-order valence-corrected chi connectivity index (χ1v) is 5.22. The second-order valence-corrected chi connectivity index (χ2v) is 3.84. The van der Waals surface area contributed by atoms with Gasteiger partial charge in [-0.1, -0.05) is 32.1 Å². The van der Waals surface area contributed by atoms with Crippen LogP contribution in [-0.4, -0.2) is 9.97 Å². The van der Waals surface area contributed by atoms with Gasteiger partial charge in [-0.3, -0.25) is 9.59 Å². The lowest BCUT2D eigenvalue weighted by atomic mass is 10.2. The minimum absolute atomic E-state index is 0.210. The summed E-state index contributed by atoms with van der Waals surface area (Å²) < 4.78 is 0. The number of aromatic amines is 2. The van der Waals surface area contributed by atoms with Crippen LogP contribution in [0.5, 0.6) is 0 Å². The summed E-state index contributed by atoms with van der Waals surface area (Å²) in [5.74, 6) is 0.210. The molecule has 0 aliphatic carbocycles. The molecule has 0 aliphatic rings. The van der Waals surface area contributed by atoms with Crippen LogP contribution in [0.2, 0.25) is 0 Å². The summed E-state index contributed by atoms with van der Waals surface area (Å²) in [6.07, 6.45) is 6.78. The predicted molar refractivity (Wildman–Crippen MR) is 65.5 cm³/mol. The van der Waals surface area contributed by atoms with E-state index in [1.165, 1.54) is 0 Å². The van der Waals surface area contributed by atoms with Crippen molar-refractivity contribution in [3.8, 4) is 0 Å². The summed E-state index contributed by atoms with van der Waals surface area (Å²) in [7, 11) is 0. The lowest BCUT2D eigenvalue weighted by Gasteiger charge is -1.93. The molecule has 0 spiro atoms. The number of hydrogen-bond donors (Lipinski definition) is 2. The molecule has 0 amide bonds. The number of H-pyrrole nitrogens is 2. The molecule has 16 heavy (non-hydrogen) atoms. The van der Waals surface area contributed by atoms with Crippen molar-refractivity contribution in [3.05, 3.63) is 43.6 Å². The molecule has 0 fully saturated rings. The zero-order valence-corrected chi connectivity index (χ0v) is 9.70. The summed E-state index contributed by atoms with van der Waals surface area (Å²) >= 11 is 0. The Bertz CT molecular complexity index is 603. The molecular weight excluding hydrogens is 204 g/mol. The van der Waals surface area contributed by atoms with Crippen LogP contribution in [0.4, 0.5) is 0 Å². The maximum absolute atomic E-state index is 11.6. The van der Waals surface area contributed by atoms with E-state index >= 15 is 0 Å². The lowest BCUT2D eigenvalue weighted by molar-refractivity contribution is 0.866. The van der Waals surface area contributed by atoms with Crippen molar-refractivity contribution in [1.82, 2.24) is 9.97 Å². The third-order valence-electron chi connectivity index (χ3n) is 1.94. The monoisotopic (exact) mass is 220 g/mol. The van der Waals surface area contributed by atoms with E-state index in [0.29, 0.717) is 5.35 Å². The second kappa shape index (κ2) is 5.30. The number of rotatable bonds is 2. The number of allylic oxidation sites excluding steroid dienone is 2. The fourth-order valence-corrected chi connectivity index (χ4v) is 1.25. The summed E-state index contributed by atoms with van der Waals surface area (Å²) in [6.45, 7) is 5.72. The Balaban J connectivity index is 3.52. The number of nitrogens with one attached hydrogen (secondary N) is 2. The van der Waals surface area contributed by atoms with Gasteiger partial charge in [-0.15, -0.1) is 0 Å². The van der Waals surface area contributed by atoms with Gasteiger partial charge in [0.25, 0.3) is 11.1 Å². The van der Waals surface area contributed by atoms with Crippen LogP contribution in [0, 0.1) is 5.92 Å². The third-order valence-corrected chi connectivity index (χ3v) is 1.94. The van der Waals surface area contributed by atoms with Gasteiger partial charge >= 0.3 is 0 Å². The summed E-state index contributed by atoms with van der Waals surface area (Å²) in [5, 5.41) is 0.585. The molecule has 1 aromatic rings. The lowest BCUT2D eigenvalue weighted by Crippen LogP contribution is -2.46. The van der Waals surface area contributed by atoms with E-state index in [1.54, 1.807) is 24.3 Å². The van der Waals surface area contributed by atoms with Crippen LogP contribution in [-0.2, 0) is 0 Å². The zero-order chi connectivity index (χ0) is 12.1. The highest BCUT2D eigenvalue weighted by Gasteiger charge is 1.95. The van der Waals surface area contributed by atoms with Crippen molar-refractivity contribution < 1.29 is 0 Å². The average Bonchev–Trinajstić information content (AvgIpc) is 2.20. The maximum Gasteiger partial charge on any atom is 0.272 e. The molecule has 2 N–H and O–H groups in total. The van der Waals surface area contributed by atoms with Gasteiger partial charge in [-0.2, -0.15) is 0 Å². The van der Waals surface area contributed by atoms with Crippen LogP contribution in [0.1, 0.15) is 20.8 Å². The summed E-state index contributed by atoms with van der Waals surface area (Å²) in [4.78, 5) is 28.3. The smallest absolute Gasteiger partial charge is 0.272 e. The molecule has 0 bridgehead atoms. The minimum atomic E-state index is -0.287. The Hall–Kier alpha value is -1.84. The normalized spacial score (nSPS) is 14.2. The van der Waals surface area contributed by atoms with Crippen LogP contribution in [0.25, 0.3) is 12.2 Å². The van der Waals surface area contributed by atoms with Crippen LogP contribution < -0.4 is 21.8 Å². The Kier molecular flexibility index (Phi) is 4.05. The highest BCUT2D eigenvalue weighted by atomic mass is 16.1. The van der Waals surface area contributed by atoms with Gasteiger partial charge in [0.1, 0.15) is 10.7 Å². The van der Waals surface area contributed by atoms with E-state index in [9.17, 15) is 9.59 Å². The van der Waals surface area contributed by atoms with Crippen molar-refractivity contribution in [2.24, 2.45) is 5.92 Å². The van der Waals surface area contributed by atoms with Crippen molar-refractivity contribution in [1.29, 1.82) is 0 Å². The van der Waals surface area contributed by atoms with Gasteiger partial charge in [0.2, 0.25) is 0 Å². The first kappa shape index (κ1) is 12.2. The SMILES string of the molecule is C/C=C/C=c1/[nH]c(=O)/c(=C\C(C)C)[nH]c1=O. The fraction of sp³-hybridized carbons (Fsp3) is 0.333. The molecule has 0 saturated carbocycles. The summed E-state index contributed by atoms with van der Waals surface area (Å²) in [6, 6.07) is 0. The van der Waals surface area contributed by atoms with Crippen molar-refractivity contribution in [2.45, 2.75) is 20.8 Å². The Morgan fingerprint density at radius 1 is 1.06 bits per heavy atom. The largest absolute Gasteiger partial charge is 0.316 e. The van der Waals surface area contributed by atoms with Gasteiger partial charge in [-0.05, 0) is 18.9 Å². The van der Waals surface area contributed by atoms with E-state index < -0.39 is 0 Å². The highest BCUT2D eigenvalue weighted by Crippen LogP contribution is 1.89. The quantitative estimate of drug-likeness (QED) is 0.728. The predicted octanol–water partition coefficient (Wildman–Crippen LogP) is -0.144. The standard InChI is InChI=1S/C12H16N2O2/c1-4-5-6-9-11(15)14-10(7-8(2)3)12(16)13-9/h4-8H,1-3H3,(H,13,16)(H,14,15)/b5-4+,9-6+,10-7+. The van der Waals surface area contributed by atoms with Gasteiger partial charge in [0.15, 0.2) is 0 Å². The summed E-state index contributed by atoms with van der Waals surface area (Å²) in [5.41, 5.74) is -0.561. The third kappa shape index (κ3) is 3.08. The first-order valence-electron chi connectivity index (χ1n) is 5.22. The molecule has 0 aromatic carbocycles. The molecule has 0 atom stereocenters.